The second kappa shape index (κ2) is 5.83. The van der Waals surface area contributed by atoms with Crippen LogP contribution < -0.4 is 0 Å². The molecule has 0 saturated carbocycles. The van der Waals surface area contributed by atoms with Crippen LogP contribution in [0.2, 0.25) is 0 Å². The molecular formula is C15H17NOS. The highest BCUT2D eigenvalue weighted by Gasteiger charge is 2.12. The minimum atomic E-state index is 0.109. The van der Waals surface area contributed by atoms with Gasteiger partial charge in [-0.15, -0.1) is 11.3 Å². The van der Waals surface area contributed by atoms with Crippen molar-refractivity contribution in [3.05, 3.63) is 47.3 Å². The molecule has 0 saturated heterocycles. The van der Waals surface area contributed by atoms with E-state index in [1.54, 1.807) is 11.3 Å². The lowest BCUT2D eigenvalue weighted by atomic mass is 10.1. The Morgan fingerprint density at radius 1 is 1.11 bits per heavy atom. The molecule has 0 unspecified atom stereocenters. The average Bonchev–Trinajstić information content (AvgIpc) is 2.94. The Kier molecular flexibility index (Phi) is 4.15. The number of thiophene rings is 1. The minimum Gasteiger partial charge on any atom is -0.339 e. The Labute approximate surface area is 112 Å². The van der Waals surface area contributed by atoms with Gasteiger partial charge in [-0.3, -0.25) is 4.79 Å². The molecule has 1 amide bonds. The van der Waals surface area contributed by atoms with Gasteiger partial charge in [0.1, 0.15) is 0 Å². The molecule has 0 bridgehead atoms. The van der Waals surface area contributed by atoms with Crippen LogP contribution >= 0.6 is 11.3 Å². The van der Waals surface area contributed by atoms with Crippen LogP contribution in [0.25, 0.3) is 10.4 Å². The van der Waals surface area contributed by atoms with Gasteiger partial charge in [0.25, 0.3) is 5.91 Å². The van der Waals surface area contributed by atoms with Gasteiger partial charge >= 0.3 is 0 Å². The van der Waals surface area contributed by atoms with Gasteiger partial charge in [0, 0.05) is 23.5 Å². The van der Waals surface area contributed by atoms with E-state index in [0.29, 0.717) is 0 Å². The van der Waals surface area contributed by atoms with Crippen molar-refractivity contribution < 1.29 is 4.79 Å². The summed E-state index contributed by atoms with van der Waals surface area (Å²) in [6.45, 7) is 5.51. The summed E-state index contributed by atoms with van der Waals surface area (Å²) in [4.78, 5) is 15.2. The first kappa shape index (κ1) is 12.8. The topological polar surface area (TPSA) is 20.3 Å². The lowest BCUT2D eigenvalue weighted by Gasteiger charge is -2.18. The third-order valence-corrected chi connectivity index (χ3v) is 3.91. The molecule has 2 rings (SSSR count). The zero-order chi connectivity index (χ0) is 13.0. The van der Waals surface area contributed by atoms with Crippen molar-refractivity contribution >= 4 is 17.2 Å². The van der Waals surface area contributed by atoms with Crippen LogP contribution in [0.3, 0.4) is 0 Å². The van der Waals surface area contributed by atoms with Gasteiger partial charge in [0.05, 0.1) is 0 Å². The molecule has 18 heavy (non-hydrogen) atoms. The lowest BCUT2D eigenvalue weighted by molar-refractivity contribution is 0.0773. The number of carbonyl (C=O) groups is 1. The molecule has 0 aliphatic rings. The van der Waals surface area contributed by atoms with Crippen LogP contribution in [0, 0.1) is 0 Å². The van der Waals surface area contributed by atoms with Gasteiger partial charge in [-0.05, 0) is 43.0 Å². The SMILES string of the molecule is CCN(CC)C(=O)c1ccc(-c2cccs2)cc1. The average molecular weight is 259 g/mol. The maximum absolute atomic E-state index is 12.1. The van der Waals surface area contributed by atoms with Crippen LogP contribution in [0.1, 0.15) is 24.2 Å². The van der Waals surface area contributed by atoms with Gasteiger partial charge in [-0.1, -0.05) is 18.2 Å². The third kappa shape index (κ3) is 2.62. The molecule has 1 aromatic heterocycles. The van der Waals surface area contributed by atoms with Crippen LogP contribution in [0.4, 0.5) is 0 Å². The summed E-state index contributed by atoms with van der Waals surface area (Å²) in [5.41, 5.74) is 1.93. The smallest absolute Gasteiger partial charge is 0.253 e. The van der Waals surface area contributed by atoms with E-state index in [4.69, 9.17) is 0 Å². The number of hydrogen-bond acceptors (Lipinski definition) is 2. The second-order valence-electron chi connectivity index (χ2n) is 4.03. The highest BCUT2D eigenvalue weighted by molar-refractivity contribution is 7.13. The zero-order valence-corrected chi connectivity index (χ0v) is 11.5. The minimum absolute atomic E-state index is 0.109. The zero-order valence-electron chi connectivity index (χ0n) is 10.7. The summed E-state index contributed by atoms with van der Waals surface area (Å²) in [5.74, 6) is 0.109. The van der Waals surface area contributed by atoms with E-state index in [9.17, 15) is 4.79 Å². The first-order valence-electron chi connectivity index (χ1n) is 6.19. The molecule has 2 aromatic rings. The van der Waals surface area contributed by atoms with E-state index in [0.717, 1.165) is 18.7 Å². The van der Waals surface area contributed by atoms with Crippen LogP contribution in [-0.2, 0) is 0 Å². The highest BCUT2D eigenvalue weighted by atomic mass is 32.1. The number of nitrogens with zero attached hydrogens (tertiary/aromatic N) is 1. The Balaban J connectivity index is 2.20. The Morgan fingerprint density at radius 2 is 1.78 bits per heavy atom. The van der Waals surface area contributed by atoms with E-state index < -0.39 is 0 Å². The fourth-order valence-corrected chi connectivity index (χ4v) is 2.65. The molecule has 0 radical (unpaired) electrons. The van der Waals surface area contributed by atoms with Crippen molar-refractivity contribution in [2.45, 2.75) is 13.8 Å². The predicted molar refractivity (Wildman–Crippen MR) is 77.0 cm³/mol. The molecule has 1 heterocycles. The standard InChI is InChI=1S/C15H17NOS/c1-3-16(4-2)15(17)13-9-7-12(8-10-13)14-6-5-11-18-14/h5-11H,3-4H2,1-2H3. The lowest BCUT2D eigenvalue weighted by Crippen LogP contribution is -2.30. The Morgan fingerprint density at radius 3 is 2.28 bits per heavy atom. The van der Waals surface area contributed by atoms with Gasteiger partial charge in [-0.2, -0.15) is 0 Å². The van der Waals surface area contributed by atoms with Gasteiger partial charge in [0.15, 0.2) is 0 Å². The molecular weight excluding hydrogens is 242 g/mol. The first-order valence-corrected chi connectivity index (χ1v) is 7.07. The van der Waals surface area contributed by atoms with Gasteiger partial charge < -0.3 is 4.90 Å². The van der Waals surface area contributed by atoms with Crippen LogP contribution in [0.5, 0.6) is 0 Å². The van der Waals surface area contributed by atoms with Crippen LogP contribution in [0.15, 0.2) is 41.8 Å². The van der Waals surface area contributed by atoms with Crippen molar-refractivity contribution in [1.29, 1.82) is 0 Å². The molecule has 0 spiro atoms. The number of hydrogen-bond donors (Lipinski definition) is 0. The van der Waals surface area contributed by atoms with E-state index >= 15 is 0 Å². The van der Waals surface area contributed by atoms with Crippen molar-refractivity contribution in [1.82, 2.24) is 4.90 Å². The molecule has 94 valence electrons. The summed E-state index contributed by atoms with van der Waals surface area (Å²) in [6, 6.07) is 12.0. The molecule has 0 aliphatic heterocycles. The van der Waals surface area contributed by atoms with E-state index in [2.05, 4.69) is 11.4 Å². The number of amides is 1. The summed E-state index contributed by atoms with van der Waals surface area (Å²) < 4.78 is 0. The van der Waals surface area contributed by atoms with Crippen LogP contribution in [-0.4, -0.2) is 23.9 Å². The Hall–Kier alpha value is -1.61. The van der Waals surface area contributed by atoms with E-state index in [1.165, 1.54) is 10.4 Å². The van der Waals surface area contributed by atoms with Gasteiger partial charge in [0.2, 0.25) is 0 Å². The summed E-state index contributed by atoms with van der Waals surface area (Å²) >= 11 is 1.71. The van der Waals surface area contributed by atoms with Gasteiger partial charge in [-0.25, -0.2) is 0 Å². The number of carbonyl (C=O) groups excluding carboxylic acids is 1. The first-order chi connectivity index (χ1) is 8.76. The summed E-state index contributed by atoms with van der Waals surface area (Å²) in [7, 11) is 0. The quantitative estimate of drug-likeness (QED) is 0.815. The maximum Gasteiger partial charge on any atom is 0.253 e. The van der Waals surface area contributed by atoms with E-state index in [-0.39, 0.29) is 5.91 Å². The monoisotopic (exact) mass is 259 g/mol. The molecule has 1 aromatic carbocycles. The molecule has 0 aliphatic carbocycles. The normalized spacial score (nSPS) is 10.3. The Bertz CT molecular complexity index is 498. The largest absolute Gasteiger partial charge is 0.339 e. The third-order valence-electron chi connectivity index (χ3n) is 2.99. The summed E-state index contributed by atoms with van der Waals surface area (Å²) in [5, 5.41) is 2.06. The number of rotatable bonds is 4. The molecule has 0 fully saturated rings. The molecule has 0 atom stereocenters. The molecule has 2 nitrogen and oxygen atoms in total. The molecule has 3 heteroatoms. The van der Waals surface area contributed by atoms with Crippen molar-refractivity contribution in [2.75, 3.05) is 13.1 Å². The highest BCUT2D eigenvalue weighted by Crippen LogP contribution is 2.24. The van der Waals surface area contributed by atoms with Crippen molar-refractivity contribution in [3.63, 3.8) is 0 Å². The fourth-order valence-electron chi connectivity index (χ4n) is 1.91. The fraction of sp³-hybridized carbons (Fsp3) is 0.267. The predicted octanol–water partition coefficient (Wildman–Crippen LogP) is 3.90. The second-order valence-corrected chi connectivity index (χ2v) is 4.98. The van der Waals surface area contributed by atoms with Crippen molar-refractivity contribution in [2.24, 2.45) is 0 Å². The maximum atomic E-state index is 12.1. The molecule has 0 N–H and O–H groups in total. The van der Waals surface area contributed by atoms with E-state index in [1.807, 2.05) is 49.1 Å². The summed E-state index contributed by atoms with van der Waals surface area (Å²) in [6.07, 6.45) is 0. The number of benzene rings is 1. The van der Waals surface area contributed by atoms with Crippen molar-refractivity contribution in [3.8, 4) is 10.4 Å².